The lowest BCUT2D eigenvalue weighted by Crippen LogP contribution is -2.50. The lowest BCUT2D eigenvalue weighted by Gasteiger charge is -2.42. The van der Waals surface area contributed by atoms with Crippen molar-refractivity contribution < 1.29 is 38.8 Å². The molecule has 8 heteroatoms. The van der Waals surface area contributed by atoms with Crippen molar-refractivity contribution in [3.8, 4) is 0 Å². The van der Waals surface area contributed by atoms with Gasteiger partial charge in [-0.2, -0.15) is 0 Å². The van der Waals surface area contributed by atoms with Crippen molar-refractivity contribution in [3.63, 3.8) is 0 Å². The van der Waals surface area contributed by atoms with Crippen molar-refractivity contribution in [1.82, 2.24) is 0 Å². The van der Waals surface area contributed by atoms with Crippen LogP contribution in [-0.4, -0.2) is 58.6 Å². The Labute approximate surface area is 195 Å². The zero-order chi connectivity index (χ0) is 24.8. The fourth-order valence-corrected chi connectivity index (χ4v) is 5.86. The first-order valence-corrected chi connectivity index (χ1v) is 11.6. The van der Waals surface area contributed by atoms with E-state index in [-0.39, 0.29) is 24.3 Å². The van der Waals surface area contributed by atoms with Crippen LogP contribution < -0.4 is 0 Å². The van der Waals surface area contributed by atoms with Crippen molar-refractivity contribution in [3.05, 3.63) is 23.8 Å². The second-order valence-corrected chi connectivity index (χ2v) is 10.3. The van der Waals surface area contributed by atoms with E-state index in [1.165, 1.54) is 0 Å². The molecular weight excluding hydrogens is 428 g/mol. The second-order valence-electron chi connectivity index (χ2n) is 10.3. The summed E-state index contributed by atoms with van der Waals surface area (Å²) in [7, 11) is 0. The molecule has 1 aliphatic heterocycles. The van der Waals surface area contributed by atoms with E-state index < -0.39 is 71.6 Å². The molecule has 0 spiro atoms. The number of esters is 3. The molecule has 184 valence electrons. The average Bonchev–Trinajstić information content (AvgIpc) is 3.16. The predicted molar refractivity (Wildman–Crippen MR) is 119 cm³/mol. The minimum Gasteiger partial charge on any atom is -0.462 e. The van der Waals surface area contributed by atoms with Gasteiger partial charge in [0.25, 0.3) is 0 Å². The third kappa shape index (κ3) is 4.23. The topological polar surface area (TPSA) is 119 Å². The number of hydrogen-bond acceptors (Lipinski definition) is 8. The van der Waals surface area contributed by atoms with E-state index in [1.54, 1.807) is 33.8 Å². The van der Waals surface area contributed by atoms with Crippen LogP contribution in [0.3, 0.4) is 0 Å². The number of carbonyl (C=O) groups excluding carboxylic acids is 3. The molecule has 1 heterocycles. The zero-order valence-electron chi connectivity index (χ0n) is 20.2. The van der Waals surface area contributed by atoms with Gasteiger partial charge in [-0.05, 0) is 25.7 Å². The number of carbonyl (C=O) groups is 3. The highest BCUT2D eigenvalue weighted by Crippen LogP contribution is 2.58. The van der Waals surface area contributed by atoms with Crippen LogP contribution in [0.15, 0.2) is 23.8 Å². The first kappa shape index (κ1) is 25.4. The van der Waals surface area contributed by atoms with Crippen molar-refractivity contribution in [2.75, 3.05) is 0 Å². The van der Waals surface area contributed by atoms with Gasteiger partial charge in [0.15, 0.2) is 0 Å². The first-order valence-electron chi connectivity index (χ1n) is 11.6. The lowest BCUT2D eigenvalue weighted by atomic mass is 9.66. The normalized spacial score (nSPS) is 40.7. The Kier molecular flexibility index (Phi) is 7.10. The summed E-state index contributed by atoms with van der Waals surface area (Å²) in [6.45, 7) is 14.5. The van der Waals surface area contributed by atoms with Gasteiger partial charge in [-0.1, -0.05) is 40.3 Å². The number of hydrogen-bond donors (Lipinski definition) is 2. The van der Waals surface area contributed by atoms with Crippen LogP contribution in [-0.2, 0) is 28.6 Å². The summed E-state index contributed by atoms with van der Waals surface area (Å²) in [6.07, 6.45) is -2.78. The third-order valence-electron chi connectivity index (χ3n) is 7.80. The van der Waals surface area contributed by atoms with E-state index in [9.17, 15) is 24.6 Å². The summed E-state index contributed by atoms with van der Waals surface area (Å²) in [5.41, 5.74) is -0.602. The van der Waals surface area contributed by atoms with Crippen molar-refractivity contribution in [1.29, 1.82) is 0 Å². The van der Waals surface area contributed by atoms with Crippen LogP contribution in [0.1, 0.15) is 54.4 Å². The molecule has 9 atom stereocenters. The van der Waals surface area contributed by atoms with Gasteiger partial charge in [0, 0.05) is 35.3 Å². The van der Waals surface area contributed by atoms with Gasteiger partial charge < -0.3 is 24.4 Å². The van der Waals surface area contributed by atoms with Crippen LogP contribution in [0, 0.1) is 29.1 Å². The monoisotopic (exact) mass is 464 g/mol. The van der Waals surface area contributed by atoms with Crippen LogP contribution >= 0.6 is 0 Å². The predicted octanol–water partition coefficient (Wildman–Crippen LogP) is 2.32. The molecule has 0 unspecified atom stereocenters. The molecule has 33 heavy (non-hydrogen) atoms. The summed E-state index contributed by atoms with van der Waals surface area (Å²) in [4.78, 5) is 37.5. The number of aliphatic hydroxyl groups is 2. The minimum atomic E-state index is -1.21. The van der Waals surface area contributed by atoms with Crippen LogP contribution in [0.2, 0.25) is 0 Å². The molecule has 2 aliphatic carbocycles. The number of ether oxygens (including phenoxy) is 3. The Balaban J connectivity index is 2.06. The molecule has 3 fully saturated rings. The minimum absolute atomic E-state index is 0.0816. The van der Waals surface area contributed by atoms with Crippen molar-refractivity contribution in [2.45, 2.75) is 84.9 Å². The molecule has 0 radical (unpaired) electrons. The fourth-order valence-electron chi connectivity index (χ4n) is 5.86. The summed E-state index contributed by atoms with van der Waals surface area (Å²) in [5, 5.41) is 22.8. The van der Waals surface area contributed by atoms with Crippen LogP contribution in [0.4, 0.5) is 0 Å². The average molecular weight is 465 g/mol. The summed E-state index contributed by atoms with van der Waals surface area (Å²) >= 11 is 0. The second kappa shape index (κ2) is 9.22. The van der Waals surface area contributed by atoms with Crippen molar-refractivity contribution >= 4 is 17.9 Å². The zero-order valence-corrected chi connectivity index (χ0v) is 20.2. The Hall–Kier alpha value is -2.19. The van der Waals surface area contributed by atoms with Gasteiger partial charge in [0.1, 0.15) is 18.3 Å². The standard InChI is InChI=1S/C25H36O8/c1-8-12(4)23(29)31-15-10-16(32-17(26)9-11(2)3)25(7)19(15)14(6)20(27)21-18(22(25)28)13(5)24(30)33-21/h8,11,14-16,18-22,27-28H,5,9-10H2,1-4,6-7H3/b12-8-/t14-,15-,16+,18+,19+,20+,21+,22+,25+/m0/s1. The van der Waals surface area contributed by atoms with Gasteiger partial charge in [0.2, 0.25) is 0 Å². The number of aliphatic hydroxyl groups excluding tert-OH is 2. The number of fused-ring (bicyclic) bond motifs is 2. The number of allylic oxidation sites excluding steroid dienone is 1. The lowest BCUT2D eigenvalue weighted by molar-refractivity contribution is -0.165. The van der Waals surface area contributed by atoms with E-state index in [4.69, 9.17) is 14.2 Å². The largest absolute Gasteiger partial charge is 0.462 e. The summed E-state index contributed by atoms with van der Waals surface area (Å²) in [6, 6.07) is 0. The number of rotatable bonds is 5. The van der Waals surface area contributed by atoms with E-state index >= 15 is 0 Å². The van der Waals surface area contributed by atoms with Gasteiger partial charge in [-0.25, -0.2) is 9.59 Å². The van der Waals surface area contributed by atoms with Gasteiger partial charge in [-0.15, -0.1) is 0 Å². The van der Waals surface area contributed by atoms with Crippen molar-refractivity contribution in [2.24, 2.45) is 29.1 Å². The first-order chi connectivity index (χ1) is 15.3. The fraction of sp³-hybridized carbons (Fsp3) is 0.720. The molecular formula is C25H36O8. The van der Waals surface area contributed by atoms with Crippen LogP contribution in [0.25, 0.3) is 0 Å². The maximum atomic E-state index is 12.6. The Morgan fingerprint density at radius 1 is 1.30 bits per heavy atom. The van der Waals surface area contributed by atoms with E-state index in [0.29, 0.717) is 5.57 Å². The highest BCUT2D eigenvalue weighted by Gasteiger charge is 2.68. The summed E-state index contributed by atoms with van der Waals surface area (Å²) < 4.78 is 17.1. The molecule has 0 amide bonds. The molecule has 1 saturated heterocycles. The molecule has 2 saturated carbocycles. The molecule has 3 aliphatic rings. The Morgan fingerprint density at radius 2 is 1.94 bits per heavy atom. The Bertz CT molecular complexity index is 860. The molecule has 3 rings (SSSR count). The van der Waals surface area contributed by atoms with Gasteiger partial charge in [0.05, 0.1) is 18.1 Å². The molecule has 2 N–H and O–H groups in total. The summed E-state index contributed by atoms with van der Waals surface area (Å²) in [5.74, 6) is -3.43. The highest BCUT2D eigenvalue weighted by molar-refractivity contribution is 5.91. The molecule has 0 bridgehead atoms. The molecule has 0 aromatic carbocycles. The smallest absolute Gasteiger partial charge is 0.334 e. The molecule has 0 aromatic rings. The quantitative estimate of drug-likeness (QED) is 0.361. The van der Waals surface area contributed by atoms with Gasteiger partial charge in [-0.3, -0.25) is 4.79 Å². The SMILES string of the molecule is C=C1C(=O)O[C@H]2[C@H](O)[C@@H](C)[C@@H]3[C@@H](OC(=O)/C(C)=C\C)C[C@@H](OC(=O)CC(C)C)[C@@]3(C)[C@H](O)[C@H]12. The van der Waals surface area contributed by atoms with Gasteiger partial charge >= 0.3 is 17.9 Å². The highest BCUT2D eigenvalue weighted by atomic mass is 16.6. The van der Waals surface area contributed by atoms with E-state index in [2.05, 4.69) is 6.58 Å². The molecule has 8 nitrogen and oxygen atoms in total. The van der Waals surface area contributed by atoms with Crippen LogP contribution in [0.5, 0.6) is 0 Å². The maximum absolute atomic E-state index is 12.6. The van der Waals surface area contributed by atoms with E-state index in [1.807, 2.05) is 13.8 Å². The maximum Gasteiger partial charge on any atom is 0.334 e. The molecule has 0 aromatic heterocycles. The third-order valence-corrected chi connectivity index (χ3v) is 7.80. The van der Waals surface area contributed by atoms with E-state index in [0.717, 1.165) is 0 Å². The Morgan fingerprint density at radius 3 is 2.52 bits per heavy atom.